The van der Waals surface area contributed by atoms with Crippen molar-refractivity contribution in [1.82, 2.24) is 10.2 Å². The molecule has 0 bridgehead atoms. The normalized spacial score (nSPS) is 18.2. The number of carbonyl (C=O) groups is 3. The summed E-state index contributed by atoms with van der Waals surface area (Å²) in [4.78, 5) is 39.4. The minimum absolute atomic E-state index is 0.0612. The molecule has 2 amide bonds. The number of carbonyl (C=O) groups excluding carboxylic acids is 3. The molecule has 1 heterocycles. The highest BCUT2D eigenvalue weighted by molar-refractivity contribution is 5.86. The average molecular weight is 437 g/mol. The fourth-order valence-corrected chi connectivity index (χ4v) is 3.60. The number of hydrogen-bond donors (Lipinski definition) is 2. The molecular formula is C24H40N2O5. The maximum Gasteiger partial charge on any atom is 0.305 e. The summed E-state index contributed by atoms with van der Waals surface area (Å²) in [5.74, 6) is -1.24. The van der Waals surface area contributed by atoms with Gasteiger partial charge in [0, 0.05) is 19.4 Å². The number of unbranched alkanes of at least 4 members (excludes halogenated alkanes) is 1. The van der Waals surface area contributed by atoms with Gasteiger partial charge in [-0.15, -0.1) is 13.2 Å². The van der Waals surface area contributed by atoms with Crippen molar-refractivity contribution in [2.75, 3.05) is 19.8 Å². The third kappa shape index (κ3) is 9.25. The molecule has 7 heteroatoms. The summed E-state index contributed by atoms with van der Waals surface area (Å²) in [6, 6.07) is -0.550. The van der Waals surface area contributed by atoms with Crippen LogP contribution in [-0.4, -0.2) is 59.6 Å². The number of nitrogens with zero attached hydrogens (tertiary/aromatic N) is 1. The molecule has 0 aromatic heterocycles. The first-order valence-corrected chi connectivity index (χ1v) is 11.2. The molecule has 7 nitrogen and oxygen atoms in total. The van der Waals surface area contributed by atoms with E-state index >= 15 is 0 Å². The van der Waals surface area contributed by atoms with Crippen molar-refractivity contribution in [3.05, 3.63) is 25.3 Å². The van der Waals surface area contributed by atoms with Gasteiger partial charge in [-0.25, -0.2) is 0 Å². The lowest BCUT2D eigenvalue weighted by molar-refractivity contribution is -0.146. The molecule has 1 rings (SSSR count). The number of aliphatic hydroxyl groups excluding tert-OH is 1. The molecule has 0 aromatic carbocycles. The predicted octanol–water partition coefficient (Wildman–Crippen LogP) is 2.98. The predicted molar refractivity (Wildman–Crippen MR) is 121 cm³/mol. The van der Waals surface area contributed by atoms with Crippen molar-refractivity contribution < 1.29 is 24.2 Å². The van der Waals surface area contributed by atoms with Gasteiger partial charge in [0.1, 0.15) is 6.61 Å². The van der Waals surface area contributed by atoms with Gasteiger partial charge in [0.15, 0.2) is 0 Å². The minimum atomic E-state index is -0.557. The Morgan fingerprint density at radius 1 is 1.26 bits per heavy atom. The first-order valence-electron chi connectivity index (χ1n) is 11.2. The Labute approximate surface area is 186 Å². The summed E-state index contributed by atoms with van der Waals surface area (Å²) < 4.78 is 5.40. The van der Waals surface area contributed by atoms with Crippen molar-refractivity contribution >= 4 is 17.8 Å². The SMILES string of the molecule is C=CCCCC(=O)OCC(NC(=O)C(CC=C)CC(=O)N1CCCC1CO)C(C)(C)C. The Hall–Kier alpha value is -2.15. The molecule has 1 aliphatic heterocycles. The van der Waals surface area contributed by atoms with Gasteiger partial charge in [0.25, 0.3) is 0 Å². The van der Waals surface area contributed by atoms with Gasteiger partial charge in [-0.05, 0) is 37.5 Å². The largest absolute Gasteiger partial charge is 0.463 e. The Morgan fingerprint density at radius 2 is 1.97 bits per heavy atom. The lowest BCUT2D eigenvalue weighted by atomic mass is 9.86. The van der Waals surface area contributed by atoms with Crippen LogP contribution >= 0.6 is 0 Å². The third-order valence-corrected chi connectivity index (χ3v) is 5.71. The summed E-state index contributed by atoms with van der Waals surface area (Å²) in [5, 5.41) is 12.5. The van der Waals surface area contributed by atoms with Gasteiger partial charge in [0.05, 0.1) is 24.6 Å². The highest BCUT2D eigenvalue weighted by atomic mass is 16.5. The highest BCUT2D eigenvalue weighted by Gasteiger charge is 2.33. The summed E-state index contributed by atoms with van der Waals surface area (Å²) >= 11 is 0. The topological polar surface area (TPSA) is 95.9 Å². The second kappa shape index (κ2) is 13.3. The van der Waals surface area contributed by atoms with E-state index in [0.717, 1.165) is 19.3 Å². The van der Waals surface area contributed by atoms with E-state index in [2.05, 4.69) is 18.5 Å². The van der Waals surface area contributed by atoms with Gasteiger partial charge < -0.3 is 20.1 Å². The van der Waals surface area contributed by atoms with Gasteiger partial charge in [-0.1, -0.05) is 32.9 Å². The van der Waals surface area contributed by atoms with E-state index in [1.165, 1.54) is 0 Å². The molecule has 0 aliphatic carbocycles. The molecule has 0 radical (unpaired) electrons. The van der Waals surface area contributed by atoms with Crippen LogP contribution in [0.25, 0.3) is 0 Å². The van der Waals surface area contributed by atoms with Gasteiger partial charge >= 0.3 is 5.97 Å². The molecule has 3 atom stereocenters. The van der Waals surface area contributed by atoms with Crippen molar-refractivity contribution in [3.63, 3.8) is 0 Å². The standard InChI is InChI=1S/C24H40N2O5/c1-6-8-9-13-22(29)31-17-20(24(3,4)5)25-23(30)18(11-7-2)15-21(28)26-14-10-12-19(26)16-27/h6-7,18-20,27H,1-2,8-17H2,3-5H3,(H,25,30). The van der Waals surface area contributed by atoms with Crippen LogP contribution in [0.4, 0.5) is 0 Å². The third-order valence-electron chi connectivity index (χ3n) is 5.71. The Morgan fingerprint density at radius 3 is 2.55 bits per heavy atom. The maximum atomic E-state index is 13.0. The van der Waals surface area contributed by atoms with Crippen molar-refractivity contribution in [2.24, 2.45) is 11.3 Å². The van der Waals surface area contributed by atoms with Crippen LogP contribution in [0, 0.1) is 11.3 Å². The van der Waals surface area contributed by atoms with Crippen LogP contribution in [0.15, 0.2) is 25.3 Å². The number of ether oxygens (including phenoxy) is 1. The Balaban J connectivity index is 2.73. The summed E-state index contributed by atoms with van der Waals surface area (Å²) in [6.45, 7) is 13.9. The van der Waals surface area contributed by atoms with E-state index in [4.69, 9.17) is 4.74 Å². The van der Waals surface area contributed by atoms with E-state index in [0.29, 0.717) is 25.8 Å². The highest BCUT2D eigenvalue weighted by Crippen LogP contribution is 2.23. The second-order valence-electron chi connectivity index (χ2n) is 9.28. The summed E-state index contributed by atoms with van der Waals surface area (Å²) in [6.07, 6.45) is 7.22. The zero-order valence-electron chi connectivity index (χ0n) is 19.4. The number of likely N-dealkylation sites (tertiary alicyclic amines) is 1. The molecule has 31 heavy (non-hydrogen) atoms. The molecule has 0 saturated carbocycles. The van der Waals surface area contributed by atoms with E-state index in [1.54, 1.807) is 17.1 Å². The zero-order chi connectivity index (χ0) is 23.4. The zero-order valence-corrected chi connectivity index (χ0v) is 19.4. The van der Waals surface area contributed by atoms with Crippen LogP contribution < -0.4 is 5.32 Å². The van der Waals surface area contributed by atoms with E-state index in [-0.39, 0.29) is 54.9 Å². The van der Waals surface area contributed by atoms with Crippen molar-refractivity contribution in [2.45, 2.75) is 77.8 Å². The molecule has 1 saturated heterocycles. The molecule has 0 aromatic rings. The number of amides is 2. The summed E-state index contributed by atoms with van der Waals surface area (Å²) in [7, 11) is 0. The smallest absolute Gasteiger partial charge is 0.305 e. The second-order valence-corrected chi connectivity index (χ2v) is 9.28. The average Bonchev–Trinajstić information content (AvgIpc) is 3.18. The van der Waals surface area contributed by atoms with Crippen LogP contribution in [0.1, 0.15) is 65.7 Å². The van der Waals surface area contributed by atoms with Gasteiger partial charge in [-0.2, -0.15) is 0 Å². The minimum Gasteiger partial charge on any atom is -0.463 e. The van der Waals surface area contributed by atoms with E-state index in [9.17, 15) is 19.5 Å². The molecule has 3 unspecified atom stereocenters. The molecule has 176 valence electrons. The number of aliphatic hydroxyl groups is 1. The van der Waals surface area contributed by atoms with Crippen LogP contribution in [0.2, 0.25) is 0 Å². The van der Waals surface area contributed by atoms with Crippen LogP contribution in [0.5, 0.6) is 0 Å². The molecule has 0 spiro atoms. The quantitative estimate of drug-likeness (QED) is 0.263. The fraction of sp³-hybridized carbons (Fsp3) is 0.708. The van der Waals surface area contributed by atoms with Crippen molar-refractivity contribution in [3.8, 4) is 0 Å². The van der Waals surface area contributed by atoms with Gasteiger partial charge in [-0.3, -0.25) is 14.4 Å². The van der Waals surface area contributed by atoms with Crippen LogP contribution in [-0.2, 0) is 19.1 Å². The Kier molecular flexibility index (Phi) is 11.5. The molecular weight excluding hydrogens is 396 g/mol. The van der Waals surface area contributed by atoms with E-state index < -0.39 is 5.92 Å². The van der Waals surface area contributed by atoms with Crippen LogP contribution in [0.3, 0.4) is 0 Å². The lowest BCUT2D eigenvalue weighted by Gasteiger charge is -2.32. The van der Waals surface area contributed by atoms with Crippen molar-refractivity contribution in [1.29, 1.82) is 0 Å². The fourth-order valence-electron chi connectivity index (χ4n) is 3.60. The number of allylic oxidation sites excluding steroid dienone is 2. The maximum absolute atomic E-state index is 13.0. The molecule has 1 aliphatic rings. The summed E-state index contributed by atoms with van der Waals surface area (Å²) in [5.41, 5.74) is -0.337. The number of hydrogen-bond acceptors (Lipinski definition) is 5. The lowest BCUT2D eigenvalue weighted by Crippen LogP contribution is -2.49. The van der Waals surface area contributed by atoms with E-state index in [1.807, 2.05) is 20.8 Å². The molecule has 2 N–H and O–H groups in total. The first-order chi connectivity index (χ1) is 14.6. The monoisotopic (exact) mass is 436 g/mol. The first kappa shape index (κ1) is 26.9. The molecule has 1 fully saturated rings. The number of esters is 1. The number of nitrogens with one attached hydrogen (secondary N) is 1. The van der Waals surface area contributed by atoms with Gasteiger partial charge in [0.2, 0.25) is 11.8 Å². The Bertz CT molecular complexity index is 626. The number of rotatable bonds is 13.